The second-order valence-electron chi connectivity index (χ2n) is 10.7. The minimum atomic E-state index is -0.600. The number of aliphatic hydroxyl groups excluding tert-OH is 1. The summed E-state index contributed by atoms with van der Waals surface area (Å²) in [6, 6.07) is 3.74. The zero-order valence-corrected chi connectivity index (χ0v) is 18.4. The fourth-order valence-corrected chi connectivity index (χ4v) is 7.61. The van der Waals surface area contributed by atoms with Gasteiger partial charge in [-0.05, 0) is 79.2 Å². The number of rotatable bonds is 1. The minimum Gasteiger partial charge on any atom is -0.388 e. The molecule has 0 saturated heterocycles. The SMILES string of the molecule is CN1C(=O)C=C[C@]2(C)C3CC[C@]4(C)[C@@H](O)/C(=C/c5cc(F)cc(F)c5)C[C@H]4C3CC[C@@H]12. The molecule has 4 aliphatic rings. The van der Waals surface area contributed by atoms with Crippen molar-refractivity contribution in [2.45, 2.75) is 58.1 Å². The van der Waals surface area contributed by atoms with E-state index in [9.17, 15) is 18.7 Å². The Kier molecular flexibility index (Phi) is 4.71. The van der Waals surface area contributed by atoms with Crippen molar-refractivity contribution >= 4 is 12.0 Å². The molecule has 1 aromatic rings. The van der Waals surface area contributed by atoms with Crippen LogP contribution >= 0.6 is 0 Å². The maximum absolute atomic E-state index is 13.7. The summed E-state index contributed by atoms with van der Waals surface area (Å²) in [5, 5.41) is 11.3. The standard InChI is InChI=1S/C26H31F2NO2/c1-25-9-7-23(30)29(3)22(25)5-4-19-20(25)6-8-26(2)21(19)13-16(24(26)31)10-15-11-17(27)14-18(28)12-15/h7,9-12,14,19-22,24,31H,4-6,8,13H2,1-3H3/b16-10+/t19?,20?,21-,22+,24-,25+,26-/m0/s1. The monoisotopic (exact) mass is 427 g/mol. The molecule has 3 nitrogen and oxygen atoms in total. The Balaban J connectivity index is 1.48. The molecule has 1 heterocycles. The molecule has 3 saturated carbocycles. The number of aliphatic hydroxyl groups is 1. The van der Waals surface area contributed by atoms with Gasteiger partial charge >= 0.3 is 0 Å². The average molecular weight is 428 g/mol. The quantitative estimate of drug-likeness (QED) is 0.688. The zero-order valence-electron chi connectivity index (χ0n) is 18.4. The van der Waals surface area contributed by atoms with E-state index in [1.165, 1.54) is 12.1 Å². The molecule has 1 amide bonds. The number of hydrogen-bond donors (Lipinski definition) is 1. The number of carbonyl (C=O) groups excluding carboxylic acids is 1. The van der Waals surface area contributed by atoms with E-state index in [2.05, 4.69) is 19.9 Å². The first-order valence-electron chi connectivity index (χ1n) is 11.4. The summed E-state index contributed by atoms with van der Waals surface area (Å²) >= 11 is 0. The Bertz CT molecular complexity index is 967. The van der Waals surface area contributed by atoms with E-state index < -0.39 is 17.7 Å². The molecule has 0 spiro atoms. The Morgan fingerprint density at radius 1 is 1.10 bits per heavy atom. The lowest BCUT2D eigenvalue weighted by Gasteiger charge is -2.59. The first-order valence-corrected chi connectivity index (χ1v) is 11.4. The predicted molar refractivity (Wildman–Crippen MR) is 116 cm³/mol. The highest BCUT2D eigenvalue weighted by atomic mass is 19.1. The van der Waals surface area contributed by atoms with Crippen molar-refractivity contribution in [1.29, 1.82) is 0 Å². The molecule has 1 aromatic carbocycles. The molecule has 3 fully saturated rings. The average Bonchev–Trinajstić information content (AvgIpc) is 2.95. The van der Waals surface area contributed by atoms with Gasteiger partial charge in [0.05, 0.1) is 6.10 Å². The van der Waals surface area contributed by atoms with E-state index in [1.54, 1.807) is 12.2 Å². The molecule has 31 heavy (non-hydrogen) atoms. The molecule has 0 radical (unpaired) electrons. The molecule has 5 rings (SSSR count). The second kappa shape index (κ2) is 6.99. The maximum Gasteiger partial charge on any atom is 0.246 e. The van der Waals surface area contributed by atoms with Crippen LogP contribution in [0.5, 0.6) is 0 Å². The summed E-state index contributed by atoms with van der Waals surface area (Å²) in [6.45, 7) is 4.49. The van der Waals surface area contributed by atoms with Crippen molar-refractivity contribution in [3.8, 4) is 0 Å². The summed E-state index contributed by atoms with van der Waals surface area (Å²) < 4.78 is 27.4. The van der Waals surface area contributed by atoms with Gasteiger partial charge in [-0.3, -0.25) is 4.79 Å². The number of fused-ring (bicyclic) bond motifs is 5. The number of benzene rings is 1. The summed E-state index contributed by atoms with van der Waals surface area (Å²) in [6.07, 6.45) is 9.80. The van der Waals surface area contributed by atoms with E-state index in [-0.39, 0.29) is 22.8 Å². The van der Waals surface area contributed by atoms with Gasteiger partial charge in [-0.2, -0.15) is 0 Å². The number of carbonyl (C=O) groups is 1. The van der Waals surface area contributed by atoms with Gasteiger partial charge in [-0.1, -0.05) is 26.0 Å². The predicted octanol–water partition coefficient (Wildman–Crippen LogP) is 4.96. The van der Waals surface area contributed by atoms with Gasteiger partial charge in [0.1, 0.15) is 11.6 Å². The van der Waals surface area contributed by atoms with Crippen molar-refractivity contribution < 1.29 is 18.7 Å². The highest BCUT2D eigenvalue weighted by Crippen LogP contribution is 2.65. The van der Waals surface area contributed by atoms with E-state index in [0.29, 0.717) is 23.3 Å². The van der Waals surface area contributed by atoms with Crippen LogP contribution in [-0.2, 0) is 4.79 Å². The number of amides is 1. The number of nitrogens with zero attached hydrogens (tertiary/aromatic N) is 1. The third kappa shape index (κ3) is 3.03. The Morgan fingerprint density at radius 3 is 2.52 bits per heavy atom. The zero-order chi connectivity index (χ0) is 22.1. The third-order valence-corrected chi connectivity index (χ3v) is 9.23. The second-order valence-corrected chi connectivity index (χ2v) is 10.7. The van der Waals surface area contributed by atoms with Gasteiger partial charge in [-0.25, -0.2) is 8.78 Å². The van der Waals surface area contributed by atoms with Crippen LogP contribution in [0.2, 0.25) is 0 Å². The van der Waals surface area contributed by atoms with Crippen LogP contribution in [0, 0.1) is 40.2 Å². The van der Waals surface area contributed by atoms with Crippen LogP contribution in [-0.4, -0.2) is 35.1 Å². The van der Waals surface area contributed by atoms with Gasteiger partial charge < -0.3 is 10.0 Å². The van der Waals surface area contributed by atoms with Gasteiger partial charge in [0.25, 0.3) is 0 Å². The fourth-order valence-electron chi connectivity index (χ4n) is 7.61. The highest BCUT2D eigenvalue weighted by Gasteiger charge is 2.61. The van der Waals surface area contributed by atoms with Crippen molar-refractivity contribution in [2.24, 2.45) is 28.6 Å². The Hall–Kier alpha value is -2.01. The van der Waals surface area contributed by atoms with Crippen LogP contribution in [0.3, 0.4) is 0 Å². The van der Waals surface area contributed by atoms with Crippen molar-refractivity contribution in [3.63, 3.8) is 0 Å². The molecular weight excluding hydrogens is 396 g/mol. The van der Waals surface area contributed by atoms with Crippen LogP contribution in [0.15, 0.2) is 35.9 Å². The Labute approximate surface area is 182 Å². The lowest BCUT2D eigenvalue weighted by atomic mass is 9.48. The first kappa shape index (κ1) is 20.9. The van der Waals surface area contributed by atoms with E-state index in [0.717, 1.165) is 43.7 Å². The summed E-state index contributed by atoms with van der Waals surface area (Å²) in [5.74, 6) is 0.157. The van der Waals surface area contributed by atoms with E-state index >= 15 is 0 Å². The van der Waals surface area contributed by atoms with Gasteiger partial charge in [0, 0.05) is 30.0 Å². The van der Waals surface area contributed by atoms with Crippen LogP contribution < -0.4 is 0 Å². The first-order chi connectivity index (χ1) is 14.6. The van der Waals surface area contributed by atoms with E-state index in [1.807, 2.05) is 11.9 Å². The molecule has 3 aliphatic carbocycles. The van der Waals surface area contributed by atoms with Crippen LogP contribution in [0.4, 0.5) is 8.78 Å². The smallest absolute Gasteiger partial charge is 0.246 e. The summed E-state index contributed by atoms with van der Waals surface area (Å²) in [5.41, 5.74) is 1.09. The summed E-state index contributed by atoms with van der Waals surface area (Å²) in [7, 11) is 1.92. The minimum absolute atomic E-state index is 0.0456. The third-order valence-electron chi connectivity index (χ3n) is 9.23. The topological polar surface area (TPSA) is 40.5 Å². The van der Waals surface area contributed by atoms with Crippen molar-refractivity contribution in [3.05, 3.63) is 53.1 Å². The Morgan fingerprint density at radius 2 is 1.81 bits per heavy atom. The largest absolute Gasteiger partial charge is 0.388 e. The number of likely N-dealkylation sites (N-methyl/N-ethyl adjacent to an activating group) is 1. The van der Waals surface area contributed by atoms with Gasteiger partial charge in [0.15, 0.2) is 0 Å². The van der Waals surface area contributed by atoms with Crippen LogP contribution in [0.25, 0.3) is 6.08 Å². The molecule has 5 heteroatoms. The molecule has 0 aromatic heterocycles. The molecule has 2 unspecified atom stereocenters. The molecule has 1 N–H and O–H groups in total. The molecule has 0 bridgehead atoms. The number of halogens is 2. The van der Waals surface area contributed by atoms with Gasteiger partial charge in [-0.15, -0.1) is 0 Å². The highest BCUT2D eigenvalue weighted by molar-refractivity contribution is 5.89. The molecule has 1 aliphatic heterocycles. The van der Waals surface area contributed by atoms with Crippen LogP contribution in [0.1, 0.15) is 51.5 Å². The van der Waals surface area contributed by atoms with E-state index in [4.69, 9.17) is 0 Å². The lowest BCUT2D eigenvalue weighted by Crippen LogP contribution is -2.59. The lowest BCUT2D eigenvalue weighted by molar-refractivity contribution is -0.140. The molecular formula is C26H31F2NO2. The van der Waals surface area contributed by atoms with Gasteiger partial charge in [0.2, 0.25) is 5.91 Å². The number of hydrogen-bond acceptors (Lipinski definition) is 2. The summed E-state index contributed by atoms with van der Waals surface area (Å²) in [4.78, 5) is 14.2. The maximum atomic E-state index is 13.7. The van der Waals surface area contributed by atoms with Crippen molar-refractivity contribution in [2.75, 3.05) is 7.05 Å². The fraction of sp³-hybridized carbons (Fsp3) is 0.577. The normalized spacial score (nSPS) is 43.0. The molecule has 166 valence electrons. The van der Waals surface area contributed by atoms with Crippen molar-refractivity contribution in [1.82, 2.24) is 4.90 Å². The molecule has 7 atom stereocenters.